The molecule has 2 aliphatic rings. The van der Waals surface area contributed by atoms with Crippen LogP contribution in [0.2, 0.25) is 0 Å². The zero-order chi connectivity index (χ0) is 20.6. The molecular formula is C22H30N2O3S2. The second kappa shape index (κ2) is 8.02. The molecule has 0 radical (unpaired) electrons. The Bertz CT molecular complexity index is 968. The fraction of sp³-hybridized carbons (Fsp3) is 0.545. The number of hydrogen-bond acceptors (Lipinski definition) is 5. The van der Waals surface area contributed by atoms with Crippen LogP contribution in [0.1, 0.15) is 47.6 Å². The summed E-state index contributed by atoms with van der Waals surface area (Å²) in [6.07, 6.45) is 5.36. The summed E-state index contributed by atoms with van der Waals surface area (Å²) in [4.78, 5) is 5.51. The Labute approximate surface area is 178 Å². The highest BCUT2D eigenvalue weighted by Gasteiger charge is 2.44. The van der Waals surface area contributed by atoms with Crippen molar-refractivity contribution in [2.75, 3.05) is 24.1 Å². The van der Waals surface area contributed by atoms with Gasteiger partial charge in [-0.15, -0.1) is 11.3 Å². The molecule has 1 N–H and O–H groups in total. The maximum Gasteiger partial charge on any atom is 0.229 e. The lowest BCUT2D eigenvalue weighted by Gasteiger charge is -2.47. The summed E-state index contributed by atoms with van der Waals surface area (Å²) in [5.74, 6) is 0. The average molecular weight is 435 g/mol. The molecule has 1 fully saturated rings. The fourth-order valence-corrected chi connectivity index (χ4v) is 6.38. The van der Waals surface area contributed by atoms with Crippen LogP contribution in [-0.4, -0.2) is 38.8 Å². The molecule has 158 valence electrons. The van der Waals surface area contributed by atoms with Crippen LogP contribution >= 0.6 is 11.3 Å². The topological polar surface area (TPSA) is 58.6 Å². The van der Waals surface area contributed by atoms with Gasteiger partial charge >= 0.3 is 0 Å². The minimum atomic E-state index is -3.24. The number of ether oxygens (including phenoxy) is 1. The maximum atomic E-state index is 11.4. The molecule has 0 amide bonds. The van der Waals surface area contributed by atoms with E-state index >= 15 is 0 Å². The molecule has 1 saturated heterocycles. The molecule has 2 aliphatic heterocycles. The largest absolute Gasteiger partial charge is 0.370 e. The van der Waals surface area contributed by atoms with Gasteiger partial charge in [0, 0.05) is 41.0 Å². The number of aryl methyl sites for hydroxylation is 1. The normalized spacial score (nSPS) is 25.1. The van der Waals surface area contributed by atoms with Crippen molar-refractivity contribution in [2.45, 2.75) is 57.7 Å². The molecule has 1 aromatic heterocycles. The van der Waals surface area contributed by atoms with E-state index in [1.54, 1.807) is 0 Å². The standard InChI is InChI=1S/C22H30N2O3S2/c1-4-19-13-20-21(28-19)9-12-27-22(20)10-11-24(16(2)14-22)15-17-5-7-18(8-6-17)23-29(3,25)26/h5-8,13,16,23H,4,9-12,14-15H2,1-3H3/t16-,22+/m0/s1. The minimum Gasteiger partial charge on any atom is -0.370 e. The Morgan fingerprint density at radius 3 is 2.72 bits per heavy atom. The van der Waals surface area contributed by atoms with Crippen LogP contribution in [0.5, 0.6) is 0 Å². The average Bonchev–Trinajstić information content (AvgIpc) is 3.10. The molecular weight excluding hydrogens is 404 g/mol. The number of thiophene rings is 1. The number of benzene rings is 1. The molecule has 29 heavy (non-hydrogen) atoms. The van der Waals surface area contributed by atoms with Crippen LogP contribution in [0, 0.1) is 0 Å². The third-order valence-electron chi connectivity index (χ3n) is 6.10. The van der Waals surface area contributed by atoms with Gasteiger partial charge in [0.25, 0.3) is 0 Å². The van der Waals surface area contributed by atoms with Gasteiger partial charge in [0.1, 0.15) is 0 Å². The van der Waals surface area contributed by atoms with Crippen molar-refractivity contribution in [3.63, 3.8) is 0 Å². The molecule has 2 atom stereocenters. The Kier molecular flexibility index (Phi) is 5.77. The quantitative estimate of drug-likeness (QED) is 0.769. The van der Waals surface area contributed by atoms with Gasteiger partial charge in [-0.3, -0.25) is 9.62 Å². The summed E-state index contributed by atoms with van der Waals surface area (Å²) < 4.78 is 31.7. The van der Waals surface area contributed by atoms with E-state index < -0.39 is 10.0 Å². The van der Waals surface area contributed by atoms with Gasteiger partial charge in [-0.25, -0.2) is 8.42 Å². The van der Waals surface area contributed by atoms with Crippen LogP contribution in [0.15, 0.2) is 30.3 Å². The number of fused-ring (bicyclic) bond motifs is 2. The van der Waals surface area contributed by atoms with Gasteiger partial charge in [0.05, 0.1) is 18.5 Å². The van der Waals surface area contributed by atoms with Crippen molar-refractivity contribution in [3.8, 4) is 0 Å². The van der Waals surface area contributed by atoms with Crippen molar-refractivity contribution >= 4 is 27.0 Å². The molecule has 3 heterocycles. The molecule has 1 aromatic carbocycles. The number of nitrogens with one attached hydrogen (secondary N) is 1. The molecule has 5 nitrogen and oxygen atoms in total. The summed E-state index contributed by atoms with van der Waals surface area (Å²) in [5, 5.41) is 0. The summed E-state index contributed by atoms with van der Waals surface area (Å²) in [6, 6.07) is 10.5. The number of sulfonamides is 1. The predicted molar refractivity (Wildman–Crippen MR) is 119 cm³/mol. The van der Waals surface area contributed by atoms with Crippen molar-refractivity contribution in [1.29, 1.82) is 0 Å². The summed E-state index contributed by atoms with van der Waals surface area (Å²) >= 11 is 1.97. The van der Waals surface area contributed by atoms with E-state index in [4.69, 9.17) is 4.74 Å². The van der Waals surface area contributed by atoms with Crippen LogP contribution in [0.4, 0.5) is 5.69 Å². The third kappa shape index (κ3) is 4.53. The monoisotopic (exact) mass is 434 g/mol. The lowest BCUT2D eigenvalue weighted by atomic mass is 9.79. The minimum absolute atomic E-state index is 0.114. The number of piperidine rings is 1. The molecule has 0 saturated carbocycles. The summed E-state index contributed by atoms with van der Waals surface area (Å²) in [7, 11) is -3.24. The first-order valence-corrected chi connectivity index (χ1v) is 13.1. The third-order valence-corrected chi connectivity index (χ3v) is 8.05. The highest BCUT2D eigenvalue weighted by molar-refractivity contribution is 7.92. The van der Waals surface area contributed by atoms with Crippen molar-refractivity contribution in [2.24, 2.45) is 0 Å². The first-order valence-electron chi connectivity index (χ1n) is 10.3. The molecule has 2 aromatic rings. The van der Waals surface area contributed by atoms with Gasteiger partial charge in [0.15, 0.2) is 0 Å². The summed E-state index contributed by atoms with van der Waals surface area (Å²) in [5.41, 5.74) is 3.14. The second-order valence-electron chi connectivity index (χ2n) is 8.34. The molecule has 1 spiro atoms. The lowest BCUT2D eigenvalue weighted by Crippen LogP contribution is -2.50. The first-order chi connectivity index (χ1) is 13.8. The van der Waals surface area contributed by atoms with Gasteiger partial charge in [-0.1, -0.05) is 19.1 Å². The predicted octanol–water partition coefficient (Wildman–Crippen LogP) is 4.13. The Morgan fingerprint density at radius 1 is 1.31 bits per heavy atom. The van der Waals surface area contributed by atoms with Crippen LogP contribution < -0.4 is 4.72 Å². The fourth-order valence-electron chi connectivity index (χ4n) is 4.64. The van der Waals surface area contributed by atoms with Gasteiger partial charge in [0.2, 0.25) is 10.0 Å². The van der Waals surface area contributed by atoms with E-state index in [2.05, 4.69) is 29.5 Å². The zero-order valence-electron chi connectivity index (χ0n) is 17.4. The highest BCUT2D eigenvalue weighted by Crippen LogP contribution is 2.46. The Hall–Kier alpha value is -1.41. The number of anilines is 1. The SMILES string of the molecule is CCc1cc2c(s1)CCO[C@@]21CCN(Cc2ccc(NS(C)(=O)=O)cc2)[C@@H](C)C1. The van der Waals surface area contributed by atoms with E-state index in [1.165, 1.54) is 27.1 Å². The Balaban J connectivity index is 1.44. The number of nitrogens with zero attached hydrogens (tertiary/aromatic N) is 1. The van der Waals surface area contributed by atoms with E-state index in [9.17, 15) is 8.42 Å². The van der Waals surface area contributed by atoms with E-state index in [1.807, 2.05) is 35.6 Å². The smallest absolute Gasteiger partial charge is 0.229 e. The van der Waals surface area contributed by atoms with E-state index in [0.29, 0.717) is 11.7 Å². The van der Waals surface area contributed by atoms with Gasteiger partial charge < -0.3 is 4.74 Å². The van der Waals surface area contributed by atoms with E-state index in [0.717, 1.165) is 45.4 Å². The molecule has 7 heteroatoms. The van der Waals surface area contributed by atoms with Crippen molar-refractivity contribution in [1.82, 2.24) is 4.90 Å². The lowest BCUT2D eigenvalue weighted by molar-refractivity contribution is -0.112. The number of hydrogen-bond donors (Lipinski definition) is 1. The van der Waals surface area contributed by atoms with Gasteiger partial charge in [-0.05, 0) is 55.5 Å². The van der Waals surface area contributed by atoms with Gasteiger partial charge in [-0.2, -0.15) is 0 Å². The molecule has 0 bridgehead atoms. The van der Waals surface area contributed by atoms with Crippen LogP contribution in [0.25, 0.3) is 0 Å². The van der Waals surface area contributed by atoms with E-state index in [-0.39, 0.29) is 5.60 Å². The Morgan fingerprint density at radius 2 is 2.07 bits per heavy atom. The second-order valence-corrected chi connectivity index (χ2v) is 11.3. The highest BCUT2D eigenvalue weighted by atomic mass is 32.2. The number of likely N-dealkylation sites (tertiary alicyclic amines) is 1. The molecule has 0 unspecified atom stereocenters. The summed E-state index contributed by atoms with van der Waals surface area (Å²) in [6.45, 7) is 7.23. The molecule has 0 aliphatic carbocycles. The van der Waals surface area contributed by atoms with Crippen molar-refractivity contribution < 1.29 is 13.2 Å². The van der Waals surface area contributed by atoms with Crippen LogP contribution in [0.3, 0.4) is 0 Å². The van der Waals surface area contributed by atoms with Crippen molar-refractivity contribution in [3.05, 3.63) is 51.2 Å². The molecule has 4 rings (SSSR count). The number of rotatable bonds is 5. The first kappa shape index (κ1) is 20.8. The van der Waals surface area contributed by atoms with Crippen LogP contribution in [-0.2, 0) is 39.7 Å². The zero-order valence-corrected chi connectivity index (χ0v) is 19.0. The maximum absolute atomic E-state index is 11.4.